The Balaban J connectivity index is 1.72. The van der Waals surface area contributed by atoms with E-state index in [1.807, 2.05) is 44.2 Å². The van der Waals surface area contributed by atoms with Gasteiger partial charge in [0.2, 0.25) is 0 Å². The van der Waals surface area contributed by atoms with E-state index >= 15 is 0 Å². The number of halogens is 3. The fraction of sp³-hybridized carbons (Fsp3) is 0.231. The van der Waals surface area contributed by atoms with Gasteiger partial charge in [-0.2, -0.15) is 0 Å². The maximum atomic E-state index is 13.4. The molecule has 0 atom stereocenters. The first-order valence-electron chi connectivity index (χ1n) is 10.8. The van der Waals surface area contributed by atoms with Crippen molar-refractivity contribution in [3.63, 3.8) is 0 Å². The van der Waals surface area contributed by atoms with Crippen LogP contribution in [-0.2, 0) is 4.79 Å². The summed E-state index contributed by atoms with van der Waals surface area (Å²) < 4.78 is 2.10. The van der Waals surface area contributed by atoms with Gasteiger partial charge in [0.25, 0.3) is 5.91 Å². The van der Waals surface area contributed by atoms with Gasteiger partial charge in [-0.3, -0.25) is 9.69 Å². The number of rotatable bonds is 5. The highest BCUT2D eigenvalue weighted by atomic mass is 35.5. The maximum Gasteiger partial charge on any atom is 0.266 e. The standard InChI is InChI=1S/C26H24Cl3N3OS/c1-15(2)14-31-25(33)24(34-26(31)30-20-7-5-19(27)6-8-20)12-18-11-16(3)32(17(18)4)21-9-10-22(28)23(29)13-21/h5-13,15H,14H2,1-4H3/b24-12-,30-26?. The molecule has 1 aliphatic heterocycles. The third-order valence-corrected chi connectivity index (χ3v) is 7.40. The van der Waals surface area contributed by atoms with Gasteiger partial charge in [0.15, 0.2) is 5.17 Å². The Hall–Kier alpha value is -2.18. The minimum Gasteiger partial charge on any atom is -0.318 e. The average molecular weight is 533 g/mol. The Morgan fingerprint density at radius 1 is 1.00 bits per heavy atom. The van der Waals surface area contributed by atoms with Crippen molar-refractivity contribution in [3.8, 4) is 5.69 Å². The SMILES string of the molecule is Cc1cc(/C=C2\SC(=Nc3ccc(Cl)cc3)N(CC(C)C)C2=O)c(C)n1-c1ccc(Cl)c(Cl)c1. The molecule has 1 aromatic heterocycles. The van der Waals surface area contributed by atoms with Gasteiger partial charge in [0, 0.05) is 28.6 Å². The van der Waals surface area contributed by atoms with Crippen molar-refractivity contribution in [1.29, 1.82) is 0 Å². The van der Waals surface area contributed by atoms with Crippen LogP contribution in [0.25, 0.3) is 11.8 Å². The number of hydrogen-bond acceptors (Lipinski definition) is 3. The lowest BCUT2D eigenvalue weighted by Gasteiger charge is -2.17. The summed E-state index contributed by atoms with van der Waals surface area (Å²) in [6.45, 7) is 8.83. The Labute approximate surface area is 219 Å². The van der Waals surface area contributed by atoms with E-state index in [-0.39, 0.29) is 5.91 Å². The van der Waals surface area contributed by atoms with Crippen LogP contribution in [0.2, 0.25) is 15.1 Å². The molecule has 2 aromatic carbocycles. The van der Waals surface area contributed by atoms with E-state index in [0.717, 1.165) is 28.3 Å². The largest absolute Gasteiger partial charge is 0.318 e. The predicted octanol–water partition coefficient (Wildman–Crippen LogP) is 8.31. The molecule has 3 aromatic rings. The molecule has 1 amide bonds. The number of amides is 1. The van der Waals surface area contributed by atoms with E-state index in [4.69, 9.17) is 39.8 Å². The van der Waals surface area contributed by atoms with E-state index in [1.165, 1.54) is 11.8 Å². The zero-order valence-electron chi connectivity index (χ0n) is 19.3. The lowest BCUT2D eigenvalue weighted by Crippen LogP contribution is -2.32. The van der Waals surface area contributed by atoms with Gasteiger partial charge < -0.3 is 4.57 Å². The first kappa shape index (κ1) is 24.9. The summed E-state index contributed by atoms with van der Waals surface area (Å²) in [5.41, 5.74) is 4.69. The minimum absolute atomic E-state index is 0.0363. The molecule has 0 radical (unpaired) electrons. The van der Waals surface area contributed by atoms with Crippen molar-refractivity contribution in [2.24, 2.45) is 10.9 Å². The lowest BCUT2D eigenvalue weighted by atomic mass is 10.2. The monoisotopic (exact) mass is 531 g/mol. The number of thioether (sulfide) groups is 1. The molecule has 4 rings (SSSR count). The van der Waals surface area contributed by atoms with Gasteiger partial charge in [-0.05, 0) is 91.7 Å². The number of carbonyl (C=O) groups excluding carboxylic acids is 1. The molecule has 8 heteroatoms. The average Bonchev–Trinajstić information content (AvgIpc) is 3.21. The smallest absolute Gasteiger partial charge is 0.266 e. The molecule has 2 heterocycles. The summed E-state index contributed by atoms with van der Waals surface area (Å²) >= 11 is 19.7. The van der Waals surface area contributed by atoms with Crippen LogP contribution in [0.3, 0.4) is 0 Å². The number of aliphatic imine (C=N–C) groups is 1. The summed E-state index contributed by atoms with van der Waals surface area (Å²) in [6.07, 6.45) is 1.95. The van der Waals surface area contributed by atoms with E-state index in [0.29, 0.717) is 37.6 Å². The van der Waals surface area contributed by atoms with E-state index < -0.39 is 0 Å². The molecule has 0 saturated carbocycles. The Bertz CT molecular complexity index is 1310. The quantitative estimate of drug-likeness (QED) is 0.310. The van der Waals surface area contributed by atoms with Crippen LogP contribution < -0.4 is 0 Å². The molecule has 1 fully saturated rings. The fourth-order valence-corrected chi connectivity index (χ4v) is 5.26. The van der Waals surface area contributed by atoms with Crippen molar-refractivity contribution in [2.45, 2.75) is 27.7 Å². The Kier molecular flexibility index (Phi) is 7.48. The third kappa shape index (κ3) is 5.23. The number of aromatic nitrogens is 1. The number of benzene rings is 2. The molecule has 176 valence electrons. The van der Waals surface area contributed by atoms with Crippen LogP contribution in [-0.4, -0.2) is 27.1 Å². The van der Waals surface area contributed by atoms with E-state index in [2.05, 4.69) is 24.5 Å². The minimum atomic E-state index is -0.0363. The molecule has 34 heavy (non-hydrogen) atoms. The summed E-state index contributed by atoms with van der Waals surface area (Å²) in [5, 5.41) is 2.34. The summed E-state index contributed by atoms with van der Waals surface area (Å²) in [6, 6.07) is 14.9. The fourth-order valence-electron chi connectivity index (χ4n) is 3.84. The van der Waals surface area contributed by atoms with Gasteiger partial charge in [-0.25, -0.2) is 4.99 Å². The highest BCUT2D eigenvalue weighted by molar-refractivity contribution is 8.18. The van der Waals surface area contributed by atoms with Gasteiger partial charge >= 0.3 is 0 Å². The van der Waals surface area contributed by atoms with Crippen LogP contribution in [0.1, 0.15) is 30.8 Å². The van der Waals surface area contributed by atoms with Gasteiger partial charge in [-0.1, -0.05) is 48.7 Å². The van der Waals surface area contributed by atoms with Gasteiger partial charge in [0.1, 0.15) is 0 Å². The normalized spacial score (nSPS) is 16.5. The molecule has 0 spiro atoms. The summed E-state index contributed by atoms with van der Waals surface area (Å²) in [5.74, 6) is 0.268. The van der Waals surface area contributed by atoms with Crippen LogP contribution in [0.15, 0.2) is 58.4 Å². The number of aryl methyl sites for hydroxylation is 1. The van der Waals surface area contributed by atoms with Gasteiger partial charge in [0.05, 0.1) is 20.6 Å². The number of hydrogen-bond donors (Lipinski definition) is 0. The number of amidine groups is 1. The van der Waals surface area contributed by atoms with E-state index in [1.54, 1.807) is 23.1 Å². The maximum absolute atomic E-state index is 13.4. The molecule has 0 N–H and O–H groups in total. The van der Waals surface area contributed by atoms with Gasteiger partial charge in [-0.15, -0.1) is 0 Å². The second-order valence-corrected chi connectivity index (χ2v) is 10.8. The number of carbonyl (C=O) groups is 1. The molecule has 1 aliphatic rings. The number of nitrogens with zero attached hydrogens (tertiary/aromatic N) is 3. The third-order valence-electron chi connectivity index (χ3n) is 5.41. The molecule has 4 nitrogen and oxygen atoms in total. The van der Waals surface area contributed by atoms with Crippen molar-refractivity contribution in [2.75, 3.05) is 6.54 Å². The van der Waals surface area contributed by atoms with Crippen LogP contribution >= 0.6 is 46.6 Å². The topological polar surface area (TPSA) is 37.6 Å². The molecule has 1 saturated heterocycles. The zero-order chi connectivity index (χ0) is 24.6. The second-order valence-electron chi connectivity index (χ2n) is 8.55. The Morgan fingerprint density at radius 2 is 1.71 bits per heavy atom. The van der Waals surface area contributed by atoms with Crippen molar-refractivity contribution >= 4 is 69.4 Å². The van der Waals surface area contributed by atoms with Crippen LogP contribution in [0.5, 0.6) is 0 Å². The van der Waals surface area contributed by atoms with Crippen molar-refractivity contribution in [3.05, 3.63) is 85.5 Å². The predicted molar refractivity (Wildman–Crippen MR) is 146 cm³/mol. The lowest BCUT2D eigenvalue weighted by molar-refractivity contribution is -0.122. The van der Waals surface area contributed by atoms with Crippen LogP contribution in [0.4, 0.5) is 5.69 Å². The van der Waals surface area contributed by atoms with Crippen molar-refractivity contribution in [1.82, 2.24) is 9.47 Å². The Morgan fingerprint density at radius 3 is 2.35 bits per heavy atom. The first-order valence-corrected chi connectivity index (χ1v) is 12.8. The molecule has 0 unspecified atom stereocenters. The molecule has 0 aliphatic carbocycles. The highest BCUT2D eigenvalue weighted by Gasteiger charge is 2.34. The zero-order valence-corrected chi connectivity index (χ0v) is 22.4. The molecular formula is C26H24Cl3N3OS. The molecule has 0 bridgehead atoms. The summed E-state index contributed by atoms with van der Waals surface area (Å²) in [4.78, 5) is 20.5. The van der Waals surface area contributed by atoms with Crippen molar-refractivity contribution < 1.29 is 4.79 Å². The molecular weight excluding hydrogens is 509 g/mol. The van der Waals surface area contributed by atoms with E-state index in [9.17, 15) is 4.79 Å². The highest BCUT2D eigenvalue weighted by Crippen LogP contribution is 2.36. The second kappa shape index (κ2) is 10.2. The van der Waals surface area contributed by atoms with Crippen LogP contribution in [0, 0.1) is 19.8 Å². The summed E-state index contributed by atoms with van der Waals surface area (Å²) in [7, 11) is 0. The first-order chi connectivity index (χ1) is 16.1.